The van der Waals surface area contributed by atoms with E-state index in [9.17, 15) is 4.79 Å². The number of nitrogens with zero attached hydrogens (tertiary/aromatic N) is 5. The molecule has 26 heavy (non-hydrogen) atoms. The molecule has 2 saturated carbocycles. The maximum absolute atomic E-state index is 13.1. The van der Waals surface area contributed by atoms with Crippen molar-refractivity contribution in [3.05, 3.63) is 23.3 Å². The molecule has 2 aliphatic carbocycles. The molecule has 1 amide bonds. The van der Waals surface area contributed by atoms with Gasteiger partial charge in [-0.1, -0.05) is 6.92 Å². The van der Waals surface area contributed by atoms with Crippen LogP contribution in [-0.2, 0) is 11.2 Å². The molecule has 4 rings (SSSR count). The van der Waals surface area contributed by atoms with Crippen molar-refractivity contribution < 1.29 is 4.79 Å². The highest BCUT2D eigenvalue weighted by molar-refractivity contribution is 5.77. The molecule has 2 fully saturated rings. The minimum Gasteiger partial charge on any atom is -0.337 e. The number of fused-ring (bicyclic) bond motifs is 1. The molecule has 0 bridgehead atoms. The van der Waals surface area contributed by atoms with E-state index in [1.807, 2.05) is 13.8 Å². The Morgan fingerprint density at radius 3 is 2.46 bits per heavy atom. The number of hydrogen-bond donors (Lipinski definition) is 0. The summed E-state index contributed by atoms with van der Waals surface area (Å²) < 4.78 is 1.77. The van der Waals surface area contributed by atoms with Crippen LogP contribution < -0.4 is 0 Å². The minimum atomic E-state index is 0.324. The maximum atomic E-state index is 13.1. The van der Waals surface area contributed by atoms with Crippen LogP contribution in [-0.4, -0.2) is 42.5 Å². The van der Waals surface area contributed by atoms with Gasteiger partial charge in [0.05, 0.1) is 0 Å². The molecule has 6 nitrogen and oxygen atoms in total. The van der Waals surface area contributed by atoms with E-state index in [1.54, 1.807) is 4.52 Å². The van der Waals surface area contributed by atoms with E-state index in [0.29, 0.717) is 30.2 Å². The second kappa shape index (κ2) is 6.97. The Balaban J connectivity index is 1.47. The Labute approximate surface area is 155 Å². The van der Waals surface area contributed by atoms with E-state index in [1.165, 1.54) is 44.9 Å². The first-order chi connectivity index (χ1) is 12.5. The molecule has 0 spiro atoms. The molecule has 2 heterocycles. The molecule has 2 aliphatic rings. The molecule has 2 aromatic heterocycles. The number of aryl methyl sites for hydroxylation is 2. The Hall–Kier alpha value is -1.98. The van der Waals surface area contributed by atoms with Crippen LogP contribution >= 0.6 is 0 Å². The SMILES string of the molecule is Cc1nc2ncnn2c(C)c1CCC(=O)N(C1CCC(C)CC1)C1CC1. The Morgan fingerprint density at radius 2 is 1.81 bits per heavy atom. The first-order valence-electron chi connectivity index (χ1n) is 10.0. The van der Waals surface area contributed by atoms with E-state index < -0.39 is 0 Å². The maximum Gasteiger partial charge on any atom is 0.252 e. The lowest BCUT2D eigenvalue weighted by Gasteiger charge is -2.36. The summed E-state index contributed by atoms with van der Waals surface area (Å²) in [6.07, 6.45) is 10.0. The summed E-state index contributed by atoms with van der Waals surface area (Å²) in [6, 6.07) is 0.961. The van der Waals surface area contributed by atoms with Crippen LogP contribution in [0.3, 0.4) is 0 Å². The van der Waals surface area contributed by atoms with Gasteiger partial charge in [-0.2, -0.15) is 10.1 Å². The smallest absolute Gasteiger partial charge is 0.252 e. The molecule has 0 radical (unpaired) electrons. The van der Waals surface area contributed by atoms with Crippen molar-refractivity contribution in [2.75, 3.05) is 0 Å². The van der Waals surface area contributed by atoms with Gasteiger partial charge in [0, 0.05) is 29.9 Å². The zero-order valence-corrected chi connectivity index (χ0v) is 16.1. The van der Waals surface area contributed by atoms with E-state index in [2.05, 4.69) is 26.9 Å². The number of carbonyl (C=O) groups is 1. The van der Waals surface area contributed by atoms with Crippen molar-refractivity contribution in [3.63, 3.8) is 0 Å². The average molecular weight is 355 g/mol. The number of aromatic nitrogens is 4. The van der Waals surface area contributed by atoms with Crippen LogP contribution in [0.5, 0.6) is 0 Å². The molecule has 0 saturated heterocycles. The first-order valence-corrected chi connectivity index (χ1v) is 10.0. The lowest BCUT2D eigenvalue weighted by atomic mass is 9.86. The van der Waals surface area contributed by atoms with Crippen molar-refractivity contribution in [1.29, 1.82) is 0 Å². The van der Waals surface area contributed by atoms with Gasteiger partial charge in [0.1, 0.15) is 6.33 Å². The van der Waals surface area contributed by atoms with Gasteiger partial charge in [-0.05, 0) is 70.3 Å². The lowest BCUT2D eigenvalue weighted by molar-refractivity contribution is -0.135. The minimum absolute atomic E-state index is 0.324. The van der Waals surface area contributed by atoms with Crippen molar-refractivity contribution >= 4 is 11.7 Å². The van der Waals surface area contributed by atoms with Gasteiger partial charge in [0.25, 0.3) is 5.78 Å². The van der Waals surface area contributed by atoms with Crippen molar-refractivity contribution in [2.24, 2.45) is 5.92 Å². The third kappa shape index (κ3) is 3.33. The zero-order valence-electron chi connectivity index (χ0n) is 16.1. The Morgan fingerprint density at radius 1 is 1.15 bits per heavy atom. The monoisotopic (exact) mass is 355 g/mol. The number of hydrogen-bond acceptors (Lipinski definition) is 4. The Kier molecular flexibility index (Phi) is 4.67. The molecule has 0 unspecified atom stereocenters. The zero-order chi connectivity index (χ0) is 18.3. The Bertz CT molecular complexity index is 802. The fourth-order valence-electron chi connectivity index (χ4n) is 4.46. The van der Waals surface area contributed by atoms with Gasteiger partial charge in [0.2, 0.25) is 5.91 Å². The highest BCUT2D eigenvalue weighted by atomic mass is 16.2. The van der Waals surface area contributed by atoms with Gasteiger partial charge in [-0.15, -0.1) is 0 Å². The molecule has 2 aromatic rings. The van der Waals surface area contributed by atoms with Crippen molar-refractivity contribution in [2.45, 2.75) is 84.2 Å². The van der Waals surface area contributed by atoms with Crippen molar-refractivity contribution in [1.82, 2.24) is 24.5 Å². The topological polar surface area (TPSA) is 63.4 Å². The van der Waals surface area contributed by atoms with Gasteiger partial charge in [0.15, 0.2) is 0 Å². The van der Waals surface area contributed by atoms with Crippen LogP contribution in [0.1, 0.15) is 68.8 Å². The van der Waals surface area contributed by atoms with Crippen LogP contribution in [0.2, 0.25) is 0 Å². The summed E-state index contributed by atoms with van der Waals surface area (Å²) >= 11 is 0. The molecule has 0 atom stereocenters. The summed E-state index contributed by atoms with van der Waals surface area (Å²) in [5.74, 6) is 1.77. The average Bonchev–Trinajstić information content (AvgIpc) is 3.33. The normalized spacial score (nSPS) is 23.3. The largest absolute Gasteiger partial charge is 0.337 e. The van der Waals surface area contributed by atoms with Crippen molar-refractivity contribution in [3.8, 4) is 0 Å². The molecule has 6 heteroatoms. The second-order valence-corrected chi connectivity index (χ2v) is 8.18. The number of carbonyl (C=O) groups excluding carboxylic acids is 1. The summed E-state index contributed by atoms with van der Waals surface area (Å²) in [5, 5.41) is 4.25. The predicted molar refractivity (Wildman–Crippen MR) is 99.9 cm³/mol. The summed E-state index contributed by atoms with van der Waals surface area (Å²) in [5.41, 5.74) is 3.13. The molecular weight excluding hydrogens is 326 g/mol. The number of rotatable bonds is 5. The molecule has 0 N–H and O–H groups in total. The third-order valence-corrected chi connectivity index (χ3v) is 6.18. The fraction of sp³-hybridized carbons (Fsp3) is 0.700. The highest BCUT2D eigenvalue weighted by Crippen LogP contribution is 2.35. The standard InChI is InChI=1S/C20H29N5O/c1-13-4-6-16(7-5-13)24(17-8-9-17)19(26)11-10-18-14(2)23-20-21-12-22-25(20)15(18)3/h12-13,16-17H,4-11H2,1-3H3. The summed E-state index contributed by atoms with van der Waals surface area (Å²) in [7, 11) is 0. The molecule has 140 valence electrons. The van der Waals surface area contributed by atoms with E-state index in [-0.39, 0.29) is 0 Å². The molecule has 0 aliphatic heterocycles. The van der Waals surface area contributed by atoms with Crippen LogP contribution in [0, 0.1) is 19.8 Å². The van der Waals surface area contributed by atoms with Gasteiger partial charge >= 0.3 is 0 Å². The highest BCUT2D eigenvalue weighted by Gasteiger charge is 2.38. The third-order valence-electron chi connectivity index (χ3n) is 6.18. The quantitative estimate of drug-likeness (QED) is 0.826. The number of amides is 1. The first kappa shape index (κ1) is 17.4. The van der Waals surface area contributed by atoms with Crippen LogP contribution in [0.4, 0.5) is 0 Å². The summed E-state index contributed by atoms with van der Waals surface area (Å²) in [6.45, 7) is 6.37. The second-order valence-electron chi connectivity index (χ2n) is 8.18. The van der Waals surface area contributed by atoms with E-state index in [0.717, 1.165) is 29.3 Å². The van der Waals surface area contributed by atoms with E-state index >= 15 is 0 Å². The summed E-state index contributed by atoms with van der Waals surface area (Å²) in [4.78, 5) is 24.0. The van der Waals surface area contributed by atoms with Gasteiger partial charge in [-0.25, -0.2) is 9.50 Å². The molecule has 0 aromatic carbocycles. The fourth-order valence-corrected chi connectivity index (χ4v) is 4.46. The molecular formula is C20H29N5O. The van der Waals surface area contributed by atoms with Crippen LogP contribution in [0.25, 0.3) is 5.78 Å². The van der Waals surface area contributed by atoms with Gasteiger partial charge < -0.3 is 4.90 Å². The van der Waals surface area contributed by atoms with E-state index in [4.69, 9.17) is 0 Å². The van der Waals surface area contributed by atoms with Crippen LogP contribution in [0.15, 0.2) is 6.33 Å². The predicted octanol–water partition coefficient (Wildman–Crippen LogP) is 3.24. The van der Waals surface area contributed by atoms with Gasteiger partial charge in [-0.3, -0.25) is 4.79 Å². The lowest BCUT2D eigenvalue weighted by Crippen LogP contribution is -2.43.